The van der Waals surface area contributed by atoms with Crippen molar-refractivity contribution in [1.82, 2.24) is 0 Å². The Bertz CT molecular complexity index is 690. The minimum absolute atomic E-state index is 0.471. The maximum absolute atomic E-state index is 5.91. The van der Waals surface area contributed by atoms with E-state index in [1.807, 2.05) is 18.2 Å². The molecule has 2 aromatic carbocycles. The highest BCUT2D eigenvalue weighted by Crippen LogP contribution is 2.16. The van der Waals surface area contributed by atoms with Gasteiger partial charge in [0, 0.05) is 24.5 Å². The summed E-state index contributed by atoms with van der Waals surface area (Å²) in [6.45, 7) is 6.59. The predicted molar refractivity (Wildman–Crippen MR) is 116 cm³/mol. The van der Waals surface area contributed by atoms with Gasteiger partial charge in [-0.1, -0.05) is 68.1 Å². The number of anilines is 1. The van der Waals surface area contributed by atoms with Crippen molar-refractivity contribution in [2.75, 3.05) is 18.0 Å². The fourth-order valence-electron chi connectivity index (χ4n) is 2.59. The monoisotopic (exact) mass is 368 g/mol. The molecule has 26 heavy (non-hydrogen) atoms. The smallest absolute Gasteiger partial charge is 0.180 e. The number of thioether (sulfide) groups is 1. The summed E-state index contributed by atoms with van der Waals surface area (Å²) in [6.07, 6.45) is 4.04. The van der Waals surface area contributed by atoms with Gasteiger partial charge in [-0.15, -0.1) is 5.10 Å². The molecule has 0 aliphatic rings. The van der Waals surface area contributed by atoms with Crippen LogP contribution >= 0.6 is 11.8 Å². The second-order valence-electron chi connectivity index (χ2n) is 6.04. The molecule has 138 valence electrons. The van der Waals surface area contributed by atoms with Crippen LogP contribution in [0.15, 0.2) is 64.8 Å². The molecule has 0 aromatic heterocycles. The van der Waals surface area contributed by atoms with Gasteiger partial charge in [0.2, 0.25) is 0 Å². The van der Waals surface area contributed by atoms with Crippen LogP contribution in [0.3, 0.4) is 0 Å². The summed E-state index contributed by atoms with van der Waals surface area (Å²) in [5.74, 6) is 0.797. The fourth-order valence-corrected chi connectivity index (χ4v) is 3.21. The summed E-state index contributed by atoms with van der Waals surface area (Å²) in [4.78, 5) is 2.41. The summed E-state index contributed by atoms with van der Waals surface area (Å²) < 4.78 is 0. The van der Waals surface area contributed by atoms with Gasteiger partial charge in [-0.25, -0.2) is 0 Å². The molecule has 0 saturated carbocycles. The first-order valence-corrected chi connectivity index (χ1v) is 10.1. The van der Waals surface area contributed by atoms with Crippen molar-refractivity contribution in [3.63, 3.8) is 0 Å². The average Bonchev–Trinajstić information content (AvgIpc) is 2.68. The van der Waals surface area contributed by atoms with Crippen LogP contribution in [0.5, 0.6) is 0 Å². The molecule has 2 aromatic rings. The van der Waals surface area contributed by atoms with Crippen LogP contribution < -0.4 is 10.6 Å². The third-order valence-electron chi connectivity index (χ3n) is 3.84. The van der Waals surface area contributed by atoms with E-state index in [4.69, 9.17) is 5.73 Å². The van der Waals surface area contributed by atoms with E-state index < -0.39 is 0 Å². The van der Waals surface area contributed by atoms with Gasteiger partial charge in [-0.05, 0) is 36.1 Å². The first-order chi connectivity index (χ1) is 12.7. The van der Waals surface area contributed by atoms with Crippen molar-refractivity contribution in [3.8, 4) is 0 Å². The maximum atomic E-state index is 5.91. The second-order valence-corrected chi connectivity index (χ2v) is 7.03. The van der Waals surface area contributed by atoms with Gasteiger partial charge in [0.1, 0.15) is 0 Å². The lowest BCUT2D eigenvalue weighted by molar-refractivity contribution is 0.745. The summed E-state index contributed by atoms with van der Waals surface area (Å²) in [7, 11) is 0. The number of nitrogens with zero attached hydrogens (tertiary/aromatic N) is 3. The lowest BCUT2D eigenvalue weighted by Crippen LogP contribution is -2.24. The van der Waals surface area contributed by atoms with Gasteiger partial charge in [0.25, 0.3) is 0 Å². The van der Waals surface area contributed by atoms with Crippen LogP contribution in [0.1, 0.15) is 37.8 Å². The highest BCUT2D eigenvalue weighted by atomic mass is 32.2. The fraction of sp³-hybridized carbons (Fsp3) is 0.333. The van der Waals surface area contributed by atoms with Crippen LogP contribution in [0.2, 0.25) is 0 Å². The molecule has 0 fully saturated rings. The van der Waals surface area contributed by atoms with E-state index in [0.717, 1.165) is 37.2 Å². The van der Waals surface area contributed by atoms with Gasteiger partial charge in [0.15, 0.2) is 5.17 Å². The van der Waals surface area contributed by atoms with Crippen molar-refractivity contribution in [1.29, 1.82) is 0 Å². The largest absolute Gasteiger partial charge is 0.377 e. The highest BCUT2D eigenvalue weighted by Gasteiger charge is 2.03. The Hall–Kier alpha value is -2.27. The molecular weight excluding hydrogens is 340 g/mol. The zero-order chi connectivity index (χ0) is 18.6. The van der Waals surface area contributed by atoms with Gasteiger partial charge >= 0.3 is 0 Å². The molecule has 2 N–H and O–H groups in total. The summed E-state index contributed by atoms with van der Waals surface area (Å²) >= 11 is 1.49. The van der Waals surface area contributed by atoms with E-state index in [9.17, 15) is 0 Å². The third kappa shape index (κ3) is 6.92. The number of rotatable bonds is 9. The third-order valence-corrected chi connectivity index (χ3v) is 4.69. The topological polar surface area (TPSA) is 54.0 Å². The maximum Gasteiger partial charge on any atom is 0.180 e. The highest BCUT2D eigenvalue weighted by molar-refractivity contribution is 8.13. The molecule has 5 heteroatoms. The number of benzene rings is 2. The number of hydrogen-bond acceptors (Lipinski definition) is 4. The van der Waals surface area contributed by atoms with E-state index in [0.29, 0.717) is 5.17 Å². The number of hydrogen-bond donors (Lipinski definition) is 1. The second kappa shape index (κ2) is 11.4. The molecule has 0 saturated heterocycles. The molecule has 4 nitrogen and oxygen atoms in total. The molecule has 2 rings (SSSR count). The van der Waals surface area contributed by atoms with Gasteiger partial charge in [-0.2, -0.15) is 5.10 Å². The Labute approximate surface area is 161 Å². The van der Waals surface area contributed by atoms with Crippen LogP contribution in [0, 0.1) is 0 Å². The lowest BCUT2D eigenvalue weighted by atomic mass is 10.2. The van der Waals surface area contributed by atoms with Crippen LogP contribution in [0.4, 0.5) is 5.69 Å². The SMILES string of the molecule is CCCN(CCC)c1ccc(C=NN=C(N)SCc2ccccc2)cc1. The van der Waals surface area contributed by atoms with E-state index in [1.54, 1.807) is 6.21 Å². The van der Waals surface area contributed by atoms with Crippen molar-refractivity contribution in [2.45, 2.75) is 32.4 Å². The van der Waals surface area contributed by atoms with E-state index in [-0.39, 0.29) is 0 Å². The normalized spacial score (nSPS) is 11.8. The Morgan fingerprint density at radius 2 is 1.65 bits per heavy atom. The van der Waals surface area contributed by atoms with Crippen molar-refractivity contribution >= 4 is 28.8 Å². The zero-order valence-corrected chi connectivity index (χ0v) is 16.5. The Balaban J connectivity index is 1.88. The molecule has 0 radical (unpaired) electrons. The van der Waals surface area contributed by atoms with Crippen LogP contribution in [0.25, 0.3) is 0 Å². The minimum atomic E-state index is 0.471. The zero-order valence-electron chi connectivity index (χ0n) is 15.6. The van der Waals surface area contributed by atoms with Crippen LogP contribution in [-0.2, 0) is 5.75 Å². The summed E-state index contributed by atoms with van der Waals surface area (Å²) in [5, 5.41) is 8.64. The van der Waals surface area contributed by atoms with Crippen LogP contribution in [-0.4, -0.2) is 24.5 Å². The summed E-state index contributed by atoms with van der Waals surface area (Å²) in [6, 6.07) is 18.6. The molecule has 0 atom stereocenters. The molecule has 0 unspecified atom stereocenters. The van der Waals surface area contributed by atoms with Crippen molar-refractivity contribution in [2.24, 2.45) is 15.9 Å². The van der Waals surface area contributed by atoms with Gasteiger partial charge in [-0.3, -0.25) is 0 Å². The van der Waals surface area contributed by atoms with Crippen molar-refractivity contribution < 1.29 is 0 Å². The van der Waals surface area contributed by atoms with Gasteiger partial charge in [0.05, 0.1) is 6.21 Å². The van der Waals surface area contributed by atoms with E-state index in [2.05, 4.69) is 65.3 Å². The first kappa shape index (κ1) is 20.0. The Morgan fingerprint density at radius 3 is 2.27 bits per heavy atom. The molecule has 0 aliphatic heterocycles. The molecular formula is C21H28N4S. The lowest BCUT2D eigenvalue weighted by Gasteiger charge is -2.23. The van der Waals surface area contributed by atoms with E-state index in [1.165, 1.54) is 23.0 Å². The van der Waals surface area contributed by atoms with Crippen molar-refractivity contribution in [3.05, 3.63) is 65.7 Å². The van der Waals surface area contributed by atoms with Gasteiger partial charge < -0.3 is 10.6 Å². The molecule has 0 heterocycles. The Morgan fingerprint density at radius 1 is 1.00 bits per heavy atom. The quantitative estimate of drug-likeness (QED) is 0.389. The molecule has 0 amide bonds. The Kier molecular flexibility index (Phi) is 8.76. The molecule has 0 bridgehead atoms. The number of amidine groups is 1. The number of nitrogens with two attached hydrogens (primary N) is 1. The average molecular weight is 369 g/mol. The minimum Gasteiger partial charge on any atom is -0.377 e. The molecule has 0 aliphatic carbocycles. The summed E-state index contributed by atoms with van der Waals surface area (Å²) in [5.41, 5.74) is 9.41. The molecule has 0 spiro atoms. The first-order valence-electron chi connectivity index (χ1n) is 9.11. The van der Waals surface area contributed by atoms with E-state index >= 15 is 0 Å². The standard InChI is InChI=1S/C21H28N4S/c1-3-14-25(15-4-2)20-12-10-18(11-13-20)16-23-24-21(22)26-17-19-8-6-5-7-9-19/h5-13,16H,3-4,14-15,17H2,1-2H3,(H2,22,24). The predicted octanol–water partition coefficient (Wildman–Crippen LogP) is 4.90.